The summed E-state index contributed by atoms with van der Waals surface area (Å²) in [6.07, 6.45) is 0. The zero-order valence-corrected chi connectivity index (χ0v) is 15.9. The molecule has 4 nitrogen and oxygen atoms in total. The minimum Gasteiger partial charge on any atom is -0.350 e. The second-order valence-corrected chi connectivity index (χ2v) is 7.15. The Labute approximate surface area is 158 Å². The molecule has 0 saturated carbocycles. The highest BCUT2D eigenvalue weighted by Crippen LogP contribution is 2.28. The van der Waals surface area contributed by atoms with Gasteiger partial charge in [0.05, 0.1) is 16.4 Å². The molecule has 26 heavy (non-hydrogen) atoms. The minimum absolute atomic E-state index is 0.148. The van der Waals surface area contributed by atoms with Crippen LogP contribution in [0.25, 0.3) is 16.9 Å². The van der Waals surface area contributed by atoms with E-state index in [4.69, 9.17) is 11.6 Å². The molecule has 0 aliphatic heterocycles. The third kappa shape index (κ3) is 3.97. The fourth-order valence-corrected chi connectivity index (χ4v) is 2.85. The van der Waals surface area contributed by atoms with Gasteiger partial charge in [-0.3, -0.25) is 4.79 Å². The quantitative estimate of drug-likeness (QED) is 0.698. The zero-order chi connectivity index (χ0) is 18.7. The Kier molecular flexibility index (Phi) is 5.43. The molecule has 0 bridgehead atoms. The van der Waals surface area contributed by atoms with E-state index >= 15 is 0 Å². The largest absolute Gasteiger partial charge is 0.350 e. The molecule has 1 heterocycles. The van der Waals surface area contributed by atoms with Crippen molar-refractivity contribution in [2.45, 2.75) is 20.8 Å². The molecule has 1 aromatic heterocycles. The van der Waals surface area contributed by atoms with E-state index in [-0.39, 0.29) is 5.91 Å². The lowest BCUT2D eigenvalue weighted by molar-refractivity contribution is 0.0941. The van der Waals surface area contributed by atoms with Gasteiger partial charge in [0.2, 0.25) is 0 Å². The summed E-state index contributed by atoms with van der Waals surface area (Å²) in [5.74, 6) is 0.225. The first-order valence-electron chi connectivity index (χ1n) is 8.66. The molecule has 134 valence electrons. The van der Waals surface area contributed by atoms with Crippen molar-refractivity contribution in [2.75, 3.05) is 6.54 Å². The molecule has 0 aliphatic rings. The second-order valence-electron chi connectivity index (χ2n) is 6.75. The summed E-state index contributed by atoms with van der Waals surface area (Å²) < 4.78 is 1.67. The molecule has 1 amide bonds. The fraction of sp³-hybridized carbons (Fsp3) is 0.238. The maximum Gasteiger partial charge on any atom is 0.270 e. The van der Waals surface area contributed by atoms with Crippen LogP contribution in [0.3, 0.4) is 0 Å². The van der Waals surface area contributed by atoms with E-state index in [1.165, 1.54) is 0 Å². The van der Waals surface area contributed by atoms with Crippen LogP contribution in [0.5, 0.6) is 0 Å². The van der Waals surface area contributed by atoms with Crippen molar-refractivity contribution in [1.29, 1.82) is 0 Å². The van der Waals surface area contributed by atoms with E-state index in [2.05, 4.69) is 24.3 Å². The highest BCUT2D eigenvalue weighted by atomic mass is 35.5. The second kappa shape index (κ2) is 7.75. The molecule has 0 unspecified atom stereocenters. The topological polar surface area (TPSA) is 46.9 Å². The molecular formula is C21H22ClN3O. The van der Waals surface area contributed by atoms with Crippen LogP contribution in [-0.2, 0) is 0 Å². The summed E-state index contributed by atoms with van der Waals surface area (Å²) in [4.78, 5) is 12.7. The number of carbonyl (C=O) groups excluding carboxylic acids is 1. The van der Waals surface area contributed by atoms with Gasteiger partial charge in [0, 0.05) is 12.1 Å². The average Bonchev–Trinajstić information content (AvgIpc) is 3.06. The molecule has 0 radical (unpaired) electrons. The summed E-state index contributed by atoms with van der Waals surface area (Å²) in [7, 11) is 0. The third-order valence-electron chi connectivity index (χ3n) is 4.04. The molecule has 0 aliphatic carbocycles. The van der Waals surface area contributed by atoms with Gasteiger partial charge in [-0.15, -0.1) is 0 Å². The van der Waals surface area contributed by atoms with Crippen molar-refractivity contribution >= 4 is 17.5 Å². The van der Waals surface area contributed by atoms with Gasteiger partial charge in [-0.25, -0.2) is 4.68 Å². The summed E-state index contributed by atoms with van der Waals surface area (Å²) in [6, 6.07) is 17.2. The first-order valence-corrected chi connectivity index (χ1v) is 9.03. The van der Waals surface area contributed by atoms with Crippen LogP contribution in [0.2, 0.25) is 5.02 Å². The van der Waals surface area contributed by atoms with E-state index in [1.807, 2.05) is 55.5 Å². The molecule has 0 atom stereocenters. The average molecular weight is 368 g/mol. The van der Waals surface area contributed by atoms with Gasteiger partial charge in [-0.2, -0.15) is 5.10 Å². The van der Waals surface area contributed by atoms with Crippen LogP contribution in [0, 0.1) is 12.8 Å². The van der Waals surface area contributed by atoms with Crippen molar-refractivity contribution in [1.82, 2.24) is 15.1 Å². The third-order valence-corrected chi connectivity index (χ3v) is 4.37. The van der Waals surface area contributed by atoms with Crippen LogP contribution in [-0.4, -0.2) is 22.2 Å². The lowest BCUT2D eigenvalue weighted by atomic mass is 10.1. The van der Waals surface area contributed by atoms with Gasteiger partial charge in [-0.05, 0) is 37.1 Å². The van der Waals surface area contributed by atoms with E-state index in [0.717, 1.165) is 16.8 Å². The van der Waals surface area contributed by atoms with E-state index in [1.54, 1.807) is 10.7 Å². The molecule has 3 rings (SSSR count). The molecule has 0 fully saturated rings. The number of hydrogen-bond donors (Lipinski definition) is 1. The standard InChI is InChI=1S/C21H22ClN3O/c1-14(2)13-23-21(26)20-12-19(17-6-4-5-7-18(17)22)24-25(20)16-10-8-15(3)9-11-16/h4-12,14H,13H2,1-3H3,(H,23,26). The predicted octanol–water partition coefficient (Wildman–Crippen LogP) is 4.89. The van der Waals surface area contributed by atoms with Crippen LogP contribution in [0.15, 0.2) is 54.6 Å². The normalized spacial score (nSPS) is 11.0. The van der Waals surface area contributed by atoms with Crippen LogP contribution in [0.4, 0.5) is 0 Å². The predicted molar refractivity (Wildman–Crippen MR) is 106 cm³/mol. The molecule has 0 spiro atoms. The highest BCUT2D eigenvalue weighted by molar-refractivity contribution is 6.33. The number of aromatic nitrogens is 2. The van der Waals surface area contributed by atoms with E-state index in [0.29, 0.717) is 28.9 Å². The summed E-state index contributed by atoms with van der Waals surface area (Å²) in [6.45, 7) is 6.76. The Bertz CT molecular complexity index is 913. The van der Waals surface area contributed by atoms with Crippen molar-refractivity contribution < 1.29 is 4.79 Å². The van der Waals surface area contributed by atoms with E-state index < -0.39 is 0 Å². The summed E-state index contributed by atoms with van der Waals surface area (Å²) in [5.41, 5.74) is 3.95. The Morgan fingerprint density at radius 3 is 2.50 bits per heavy atom. The summed E-state index contributed by atoms with van der Waals surface area (Å²) in [5, 5.41) is 8.23. The lowest BCUT2D eigenvalue weighted by Crippen LogP contribution is -2.29. The number of rotatable bonds is 5. The summed E-state index contributed by atoms with van der Waals surface area (Å²) >= 11 is 6.32. The van der Waals surface area contributed by atoms with Crippen LogP contribution in [0.1, 0.15) is 29.9 Å². The Morgan fingerprint density at radius 2 is 1.85 bits per heavy atom. The number of halogens is 1. The van der Waals surface area contributed by atoms with Gasteiger partial charge >= 0.3 is 0 Å². The van der Waals surface area contributed by atoms with Crippen molar-refractivity contribution in [3.05, 3.63) is 70.9 Å². The number of benzene rings is 2. The van der Waals surface area contributed by atoms with Gasteiger partial charge in [0.25, 0.3) is 5.91 Å². The molecule has 3 aromatic rings. The van der Waals surface area contributed by atoms with Crippen molar-refractivity contribution in [2.24, 2.45) is 5.92 Å². The van der Waals surface area contributed by atoms with Crippen molar-refractivity contribution in [3.63, 3.8) is 0 Å². The highest BCUT2D eigenvalue weighted by Gasteiger charge is 2.18. The number of nitrogens with zero attached hydrogens (tertiary/aromatic N) is 2. The fourth-order valence-electron chi connectivity index (χ4n) is 2.61. The Balaban J connectivity index is 2.07. The van der Waals surface area contributed by atoms with E-state index in [9.17, 15) is 4.79 Å². The number of nitrogens with one attached hydrogen (secondary N) is 1. The van der Waals surface area contributed by atoms with Gasteiger partial charge < -0.3 is 5.32 Å². The first-order chi connectivity index (χ1) is 12.5. The van der Waals surface area contributed by atoms with Crippen LogP contribution < -0.4 is 5.32 Å². The smallest absolute Gasteiger partial charge is 0.270 e. The number of carbonyl (C=O) groups is 1. The maximum atomic E-state index is 12.7. The maximum absolute atomic E-state index is 12.7. The number of hydrogen-bond acceptors (Lipinski definition) is 2. The Morgan fingerprint density at radius 1 is 1.15 bits per heavy atom. The molecule has 2 aromatic carbocycles. The van der Waals surface area contributed by atoms with Crippen LogP contribution >= 0.6 is 11.6 Å². The number of amides is 1. The minimum atomic E-state index is -0.148. The van der Waals surface area contributed by atoms with Gasteiger partial charge in [-0.1, -0.05) is 61.3 Å². The monoisotopic (exact) mass is 367 g/mol. The molecule has 5 heteroatoms. The molecule has 0 saturated heterocycles. The Hall–Kier alpha value is -2.59. The number of aryl methyl sites for hydroxylation is 1. The zero-order valence-electron chi connectivity index (χ0n) is 15.2. The first kappa shape index (κ1) is 18.2. The SMILES string of the molecule is Cc1ccc(-n2nc(-c3ccccc3Cl)cc2C(=O)NCC(C)C)cc1. The molecular weight excluding hydrogens is 346 g/mol. The van der Waals surface area contributed by atoms with Gasteiger partial charge in [0.1, 0.15) is 5.69 Å². The molecule has 1 N–H and O–H groups in total. The lowest BCUT2D eigenvalue weighted by Gasteiger charge is -2.10. The van der Waals surface area contributed by atoms with Gasteiger partial charge in [0.15, 0.2) is 0 Å². The van der Waals surface area contributed by atoms with Crippen molar-refractivity contribution in [3.8, 4) is 16.9 Å².